The first-order valence-corrected chi connectivity index (χ1v) is 14.0. The Labute approximate surface area is 215 Å². The molecule has 0 bridgehead atoms. The van der Waals surface area contributed by atoms with Crippen LogP contribution >= 0.6 is 23.1 Å². The van der Waals surface area contributed by atoms with Gasteiger partial charge < -0.3 is 9.80 Å². The number of rotatable bonds is 9. The third-order valence-corrected chi connectivity index (χ3v) is 7.92. The van der Waals surface area contributed by atoms with Gasteiger partial charge in [-0.15, -0.1) is 21.5 Å². The van der Waals surface area contributed by atoms with Gasteiger partial charge in [-0.25, -0.2) is 0 Å². The lowest BCUT2D eigenvalue weighted by Gasteiger charge is -2.40. The summed E-state index contributed by atoms with van der Waals surface area (Å²) in [5.74, 6) is 2.33. The van der Waals surface area contributed by atoms with E-state index < -0.39 is 0 Å². The van der Waals surface area contributed by atoms with E-state index >= 15 is 0 Å². The molecule has 2 amide bonds. The average molecular weight is 512 g/mol. The molecule has 186 valence electrons. The van der Waals surface area contributed by atoms with Gasteiger partial charge in [0, 0.05) is 50.0 Å². The second kappa shape index (κ2) is 11.9. The number of aromatic nitrogens is 3. The maximum Gasteiger partial charge on any atom is 0.223 e. The zero-order valence-electron chi connectivity index (χ0n) is 20.6. The Balaban J connectivity index is 1.31. The number of hydrogen-bond acceptors (Lipinski definition) is 6. The van der Waals surface area contributed by atoms with Gasteiger partial charge in [-0.2, -0.15) is 0 Å². The second-order valence-electron chi connectivity index (χ2n) is 9.28. The van der Waals surface area contributed by atoms with Gasteiger partial charge >= 0.3 is 0 Å². The van der Waals surface area contributed by atoms with Crippen LogP contribution in [0.15, 0.2) is 53.0 Å². The van der Waals surface area contributed by atoms with Crippen molar-refractivity contribution in [3.8, 4) is 16.4 Å². The quantitative estimate of drug-likeness (QED) is 0.300. The maximum atomic E-state index is 12.8. The van der Waals surface area contributed by atoms with Crippen LogP contribution in [0.4, 0.5) is 0 Å². The average Bonchev–Trinajstić information content (AvgIpc) is 3.51. The second-order valence-corrected chi connectivity index (χ2v) is 11.3. The summed E-state index contributed by atoms with van der Waals surface area (Å²) >= 11 is 3.27. The lowest BCUT2D eigenvalue weighted by molar-refractivity contribution is -0.143. The van der Waals surface area contributed by atoms with Crippen LogP contribution in [0.5, 0.6) is 0 Å². The molecule has 0 radical (unpaired) electrons. The lowest BCUT2D eigenvalue weighted by Crippen LogP contribution is -2.55. The number of nitrogens with zero attached hydrogens (tertiary/aromatic N) is 5. The van der Waals surface area contributed by atoms with E-state index in [0.29, 0.717) is 38.4 Å². The molecule has 0 spiro atoms. The number of benzene rings is 1. The minimum Gasteiger partial charge on any atom is -0.339 e. The van der Waals surface area contributed by atoms with E-state index in [2.05, 4.69) is 46.8 Å². The fourth-order valence-corrected chi connectivity index (χ4v) is 5.89. The van der Waals surface area contributed by atoms with Gasteiger partial charge in [-0.1, -0.05) is 49.9 Å². The normalized spacial score (nSPS) is 16.2. The van der Waals surface area contributed by atoms with Crippen molar-refractivity contribution in [2.75, 3.05) is 25.4 Å². The number of piperazine rings is 1. The molecule has 1 unspecified atom stereocenters. The van der Waals surface area contributed by atoms with Gasteiger partial charge in [-0.3, -0.25) is 14.2 Å². The van der Waals surface area contributed by atoms with Crippen molar-refractivity contribution in [1.82, 2.24) is 24.6 Å². The van der Waals surface area contributed by atoms with Crippen molar-refractivity contribution < 1.29 is 9.59 Å². The van der Waals surface area contributed by atoms with Crippen molar-refractivity contribution in [2.24, 2.45) is 5.92 Å². The molecular weight excluding hydrogens is 478 g/mol. The highest BCUT2D eigenvalue weighted by Crippen LogP contribution is 2.30. The minimum absolute atomic E-state index is 0.0634. The molecule has 1 fully saturated rings. The van der Waals surface area contributed by atoms with Crippen LogP contribution in [0.25, 0.3) is 16.4 Å². The summed E-state index contributed by atoms with van der Waals surface area (Å²) in [4.78, 5) is 30.2. The van der Waals surface area contributed by atoms with Gasteiger partial charge in [-0.05, 0) is 42.8 Å². The van der Waals surface area contributed by atoms with Crippen LogP contribution in [0, 0.1) is 5.92 Å². The minimum atomic E-state index is 0.0634. The summed E-state index contributed by atoms with van der Waals surface area (Å²) in [6.45, 7) is 8.01. The van der Waals surface area contributed by atoms with Gasteiger partial charge in [0.2, 0.25) is 11.8 Å². The molecule has 1 atom stereocenters. The van der Waals surface area contributed by atoms with Gasteiger partial charge in [0.15, 0.2) is 11.0 Å². The number of amides is 2. The third kappa shape index (κ3) is 6.32. The third-order valence-electron chi connectivity index (χ3n) is 6.04. The molecule has 0 N–H and O–H groups in total. The molecule has 3 aromatic rings. The van der Waals surface area contributed by atoms with Crippen molar-refractivity contribution in [3.05, 3.63) is 47.8 Å². The van der Waals surface area contributed by atoms with E-state index in [0.717, 1.165) is 33.7 Å². The van der Waals surface area contributed by atoms with Crippen molar-refractivity contribution in [1.29, 1.82) is 0 Å². The fraction of sp³-hybridized carbons (Fsp3) is 0.462. The number of thioether (sulfide) groups is 1. The summed E-state index contributed by atoms with van der Waals surface area (Å²) in [5.41, 5.74) is 1.03. The van der Waals surface area contributed by atoms with E-state index in [4.69, 9.17) is 0 Å². The summed E-state index contributed by atoms with van der Waals surface area (Å²) < 4.78 is 2.09. The first kappa shape index (κ1) is 25.4. The standard InChI is InChI=1S/C26H33N5O2S2/c1-19(2)17-24(33)30-14-13-29(18-20(30)3)23(32)12-8-16-35-26-28-27-25(22-11-7-15-34-22)31(26)21-9-5-4-6-10-21/h4-7,9-11,15,19-20H,8,12-14,16-18H2,1-3H3. The highest BCUT2D eigenvalue weighted by Gasteiger charge is 2.29. The van der Waals surface area contributed by atoms with E-state index in [1.165, 1.54) is 0 Å². The topological polar surface area (TPSA) is 71.3 Å². The number of carbonyl (C=O) groups excluding carboxylic acids is 2. The zero-order valence-corrected chi connectivity index (χ0v) is 22.2. The van der Waals surface area contributed by atoms with E-state index in [1.54, 1.807) is 23.1 Å². The Morgan fingerprint density at radius 1 is 1.09 bits per heavy atom. The summed E-state index contributed by atoms with van der Waals surface area (Å²) in [5, 5.41) is 11.8. The Morgan fingerprint density at radius 3 is 2.57 bits per heavy atom. The number of para-hydroxylation sites is 1. The Kier molecular flexibility index (Phi) is 8.62. The molecule has 3 heterocycles. The van der Waals surface area contributed by atoms with Gasteiger partial charge in [0.25, 0.3) is 0 Å². The van der Waals surface area contributed by atoms with E-state index in [1.807, 2.05) is 46.4 Å². The van der Waals surface area contributed by atoms with Crippen LogP contribution in [0.3, 0.4) is 0 Å². The SMILES string of the molecule is CC(C)CC(=O)N1CCN(C(=O)CCCSc2nnc(-c3cccs3)n2-c2ccccc2)CC1C. The fourth-order valence-electron chi connectivity index (χ4n) is 4.30. The van der Waals surface area contributed by atoms with E-state index in [-0.39, 0.29) is 17.9 Å². The highest BCUT2D eigenvalue weighted by atomic mass is 32.2. The zero-order chi connectivity index (χ0) is 24.8. The molecule has 1 aliphatic rings. The number of hydrogen-bond donors (Lipinski definition) is 0. The highest BCUT2D eigenvalue weighted by molar-refractivity contribution is 7.99. The van der Waals surface area contributed by atoms with Gasteiger partial charge in [0.1, 0.15) is 0 Å². The molecule has 35 heavy (non-hydrogen) atoms. The Morgan fingerprint density at radius 2 is 1.89 bits per heavy atom. The molecule has 1 aliphatic heterocycles. The monoisotopic (exact) mass is 511 g/mol. The first-order chi connectivity index (χ1) is 16.9. The number of carbonyl (C=O) groups is 2. The van der Waals surface area contributed by atoms with Crippen molar-refractivity contribution in [3.63, 3.8) is 0 Å². The predicted molar refractivity (Wildman–Crippen MR) is 142 cm³/mol. The molecule has 9 heteroatoms. The van der Waals surface area contributed by atoms with Crippen LogP contribution in [0.2, 0.25) is 0 Å². The summed E-state index contributed by atoms with van der Waals surface area (Å²) in [6, 6.07) is 14.3. The molecule has 7 nitrogen and oxygen atoms in total. The van der Waals surface area contributed by atoms with E-state index in [9.17, 15) is 9.59 Å². The van der Waals surface area contributed by atoms with Crippen molar-refractivity contribution >= 4 is 34.9 Å². The molecule has 1 saturated heterocycles. The Bertz CT molecular complexity index is 1110. The van der Waals surface area contributed by atoms with Crippen LogP contribution in [0.1, 0.15) is 40.0 Å². The van der Waals surface area contributed by atoms with Crippen LogP contribution in [-0.2, 0) is 9.59 Å². The lowest BCUT2D eigenvalue weighted by atomic mass is 10.1. The molecule has 0 saturated carbocycles. The van der Waals surface area contributed by atoms with Gasteiger partial charge in [0.05, 0.1) is 4.88 Å². The van der Waals surface area contributed by atoms with Crippen LogP contribution < -0.4 is 0 Å². The van der Waals surface area contributed by atoms with Crippen LogP contribution in [-0.4, -0.2) is 67.8 Å². The first-order valence-electron chi connectivity index (χ1n) is 12.2. The summed E-state index contributed by atoms with van der Waals surface area (Å²) in [6.07, 6.45) is 1.83. The molecule has 4 rings (SSSR count). The summed E-state index contributed by atoms with van der Waals surface area (Å²) in [7, 11) is 0. The Hall–Kier alpha value is -2.65. The molecule has 0 aliphatic carbocycles. The maximum absolute atomic E-state index is 12.8. The molecular formula is C26H33N5O2S2. The molecule has 2 aromatic heterocycles. The number of thiophene rings is 1. The van der Waals surface area contributed by atoms with Crippen molar-refractivity contribution in [2.45, 2.75) is 51.2 Å². The molecule has 1 aromatic carbocycles. The largest absolute Gasteiger partial charge is 0.339 e. The predicted octanol–water partition coefficient (Wildman–Crippen LogP) is 4.97. The smallest absolute Gasteiger partial charge is 0.223 e.